The van der Waals surface area contributed by atoms with Gasteiger partial charge in [0.25, 0.3) is 5.91 Å². The van der Waals surface area contributed by atoms with Gasteiger partial charge in [-0.15, -0.1) is 11.3 Å². The van der Waals surface area contributed by atoms with E-state index < -0.39 is 0 Å². The van der Waals surface area contributed by atoms with Gasteiger partial charge < -0.3 is 26.6 Å². The molecule has 10 heteroatoms. The minimum Gasteiger partial charge on any atom is -0.369 e. The molecule has 6 N–H and O–H groups in total. The van der Waals surface area contributed by atoms with Gasteiger partial charge in [0.05, 0.1) is 17.9 Å². The number of guanidine groups is 1. The predicted octanol–water partition coefficient (Wildman–Crippen LogP) is 2.07. The number of fused-ring (bicyclic) bond motifs is 1. The fourth-order valence-electron chi connectivity index (χ4n) is 4.95. The minimum atomic E-state index is -0.106. The van der Waals surface area contributed by atoms with Crippen molar-refractivity contribution in [2.24, 2.45) is 22.6 Å². The lowest BCUT2D eigenvalue weighted by atomic mass is 9.90. The van der Waals surface area contributed by atoms with Crippen molar-refractivity contribution in [2.75, 3.05) is 18.4 Å². The van der Waals surface area contributed by atoms with Crippen LogP contribution in [0.2, 0.25) is 0 Å². The fraction of sp³-hybridized carbons (Fsp3) is 0.667. The Kier molecular flexibility index (Phi) is 6.61. The van der Waals surface area contributed by atoms with Crippen LogP contribution in [-0.2, 0) is 17.6 Å². The van der Waals surface area contributed by atoms with Gasteiger partial charge in [0.15, 0.2) is 5.96 Å². The van der Waals surface area contributed by atoms with Crippen molar-refractivity contribution in [3.05, 3.63) is 16.0 Å². The van der Waals surface area contributed by atoms with E-state index in [1.807, 2.05) is 0 Å². The third-order valence-electron chi connectivity index (χ3n) is 7.47. The number of thiophene rings is 1. The van der Waals surface area contributed by atoms with E-state index in [4.69, 9.17) is 16.1 Å². The van der Waals surface area contributed by atoms with Crippen LogP contribution in [0.15, 0.2) is 4.99 Å². The summed E-state index contributed by atoms with van der Waals surface area (Å²) in [6.45, 7) is 3.71. The van der Waals surface area contributed by atoms with E-state index in [1.165, 1.54) is 17.7 Å². The molecule has 0 bridgehead atoms. The number of amides is 2. The van der Waals surface area contributed by atoms with E-state index in [-0.39, 0.29) is 35.9 Å². The Morgan fingerprint density at radius 2 is 2.06 bits per heavy atom. The number of nitrogens with two attached hydrogens (primary N) is 1. The summed E-state index contributed by atoms with van der Waals surface area (Å²) in [6.07, 6.45) is 8.56. The molecule has 4 aliphatic rings. The molecule has 3 atom stereocenters. The number of nitrogens with zero attached hydrogens (tertiary/aromatic N) is 2. The SMILES string of the molecule is CC1NCCC1N=C(N)N(C=N)[C@H]1CCc2sc(NC(=O)C3CC3)c(C(=O)NCC3CC3)c2C1. The Balaban J connectivity index is 1.38. The van der Waals surface area contributed by atoms with Crippen LogP contribution in [0.4, 0.5) is 5.00 Å². The highest BCUT2D eigenvalue weighted by Crippen LogP contribution is 2.40. The first-order valence-corrected chi connectivity index (χ1v) is 13.4. The second-order valence-electron chi connectivity index (χ2n) is 10.1. The molecular formula is C24H35N7O2S. The van der Waals surface area contributed by atoms with Crippen molar-refractivity contribution in [3.8, 4) is 0 Å². The van der Waals surface area contributed by atoms with E-state index in [1.54, 1.807) is 4.90 Å². The number of hydrogen-bond donors (Lipinski definition) is 5. The van der Waals surface area contributed by atoms with Gasteiger partial charge in [0.1, 0.15) is 5.00 Å². The molecule has 5 rings (SSSR count). The van der Waals surface area contributed by atoms with Gasteiger partial charge >= 0.3 is 0 Å². The average Bonchev–Trinajstić information content (AvgIpc) is 3.74. The Hall–Kier alpha value is -2.46. The molecule has 184 valence electrons. The summed E-state index contributed by atoms with van der Waals surface area (Å²) in [7, 11) is 0. The first-order chi connectivity index (χ1) is 16.4. The third kappa shape index (κ3) is 4.98. The van der Waals surface area contributed by atoms with E-state index >= 15 is 0 Å². The first kappa shape index (κ1) is 23.3. The largest absolute Gasteiger partial charge is 0.369 e. The fourth-order valence-corrected chi connectivity index (χ4v) is 6.20. The molecule has 2 saturated carbocycles. The van der Waals surface area contributed by atoms with E-state index in [0.717, 1.165) is 61.9 Å². The van der Waals surface area contributed by atoms with Crippen LogP contribution < -0.4 is 21.7 Å². The lowest BCUT2D eigenvalue weighted by Crippen LogP contribution is -2.47. The number of rotatable bonds is 8. The van der Waals surface area contributed by atoms with Crippen molar-refractivity contribution in [1.82, 2.24) is 15.5 Å². The molecule has 2 unspecified atom stereocenters. The molecule has 3 fully saturated rings. The molecule has 0 aromatic carbocycles. The summed E-state index contributed by atoms with van der Waals surface area (Å²) >= 11 is 1.53. The van der Waals surface area contributed by atoms with E-state index in [0.29, 0.717) is 35.4 Å². The van der Waals surface area contributed by atoms with Crippen LogP contribution in [0, 0.1) is 17.2 Å². The molecule has 1 aliphatic heterocycles. The Labute approximate surface area is 204 Å². The summed E-state index contributed by atoms with van der Waals surface area (Å²) < 4.78 is 0. The molecule has 1 aromatic rings. The maximum Gasteiger partial charge on any atom is 0.254 e. The van der Waals surface area contributed by atoms with Crippen molar-refractivity contribution in [2.45, 2.75) is 76.4 Å². The van der Waals surface area contributed by atoms with E-state index in [2.05, 4.69) is 22.9 Å². The van der Waals surface area contributed by atoms with E-state index in [9.17, 15) is 9.59 Å². The molecule has 9 nitrogen and oxygen atoms in total. The maximum absolute atomic E-state index is 13.3. The van der Waals surface area contributed by atoms with Crippen LogP contribution in [0.1, 0.15) is 66.2 Å². The molecule has 34 heavy (non-hydrogen) atoms. The highest BCUT2D eigenvalue weighted by atomic mass is 32.1. The Morgan fingerprint density at radius 3 is 2.71 bits per heavy atom. The van der Waals surface area contributed by atoms with Crippen molar-refractivity contribution < 1.29 is 9.59 Å². The highest BCUT2D eigenvalue weighted by molar-refractivity contribution is 7.17. The highest BCUT2D eigenvalue weighted by Gasteiger charge is 2.36. The van der Waals surface area contributed by atoms with Crippen LogP contribution in [0.25, 0.3) is 0 Å². The molecular weight excluding hydrogens is 450 g/mol. The molecule has 2 amide bonds. The molecule has 1 saturated heterocycles. The summed E-state index contributed by atoms with van der Waals surface area (Å²) in [5.74, 6) is 0.924. The summed E-state index contributed by atoms with van der Waals surface area (Å²) in [5, 5.41) is 18.2. The number of aryl methyl sites for hydroxylation is 1. The zero-order chi connectivity index (χ0) is 23.8. The standard InChI is InChI=1S/C24H35N7O2S/c1-13-18(8-9-27-13)29-24(26)31(12-25)16-6-7-19-17(10-16)20(22(33)28-11-14-2-3-14)23(34-19)30-21(32)15-4-5-15/h12-16,18,25,27H,2-11H2,1H3,(H2,26,29)(H,28,33)(H,30,32)/t13?,16-,18?/m0/s1. The summed E-state index contributed by atoms with van der Waals surface area (Å²) in [4.78, 5) is 33.4. The lowest BCUT2D eigenvalue weighted by molar-refractivity contribution is -0.117. The summed E-state index contributed by atoms with van der Waals surface area (Å²) in [6, 6.07) is 0.325. The third-order valence-corrected chi connectivity index (χ3v) is 8.68. The monoisotopic (exact) mass is 485 g/mol. The first-order valence-electron chi connectivity index (χ1n) is 12.5. The maximum atomic E-state index is 13.3. The Bertz CT molecular complexity index is 998. The molecule has 2 heterocycles. The van der Waals surface area contributed by atoms with Gasteiger partial charge in [-0.2, -0.15) is 0 Å². The van der Waals surface area contributed by atoms with Crippen LogP contribution in [-0.4, -0.2) is 60.2 Å². The van der Waals surface area contributed by atoms with Gasteiger partial charge in [0, 0.05) is 29.4 Å². The van der Waals surface area contributed by atoms with Gasteiger partial charge in [-0.3, -0.25) is 15.0 Å². The van der Waals surface area contributed by atoms with Gasteiger partial charge in [-0.1, -0.05) is 0 Å². The predicted molar refractivity (Wildman–Crippen MR) is 135 cm³/mol. The zero-order valence-corrected chi connectivity index (χ0v) is 20.5. The number of nitrogens with one attached hydrogen (secondary N) is 4. The molecule has 1 aromatic heterocycles. The molecule has 0 radical (unpaired) electrons. The lowest BCUT2D eigenvalue weighted by Gasteiger charge is -2.32. The molecule has 0 spiro atoms. The quantitative estimate of drug-likeness (QED) is 0.284. The summed E-state index contributed by atoms with van der Waals surface area (Å²) in [5.41, 5.74) is 7.97. The number of anilines is 1. The normalized spacial score (nSPS) is 26.6. The van der Waals surface area contributed by atoms with Crippen molar-refractivity contribution >= 4 is 40.5 Å². The smallest absolute Gasteiger partial charge is 0.254 e. The minimum absolute atomic E-state index is 0.0168. The van der Waals surface area contributed by atoms with Crippen LogP contribution in [0.5, 0.6) is 0 Å². The number of hydrogen-bond acceptors (Lipinski definition) is 6. The van der Waals surface area contributed by atoms with Gasteiger partial charge in [-0.05, 0) is 76.3 Å². The zero-order valence-electron chi connectivity index (χ0n) is 19.7. The van der Waals surface area contributed by atoms with Crippen molar-refractivity contribution in [1.29, 1.82) is 5.41 Å². The number of carbonyl (C=O) groups excluding carboxylic acids is 2. The van der Waals surface area contributed by atoms with Gasteiger partial charge in [-0.25, -0.2) is 4.99 Å². The second kappa shape index (κ2) is 9.65. The average molecular weight is 486 g/mol. The number of aliphatic imine (C=N–C) groups is 1. The number of carbonyl (C=O) groups is 2. The topological polar surface area (TPSA) is 136 Å². The van der Waals surface area contributed by atoms with Gasteiger partial charge in [0.2, 0.25) is 5.91 Å². The van der Waals surface area contributed by atoms with Crippen molar-refractivity contribution in [3.63, 3.8) is 0 Å². The van der Waals surface area contributed by atoms with Crippen LogP contribution in [0.3, 0.4) is 0 Å². The molecule has 3 aliphatic carbocycles. The van der Waals surface area contributed by atoms with Crippen LogP contribution >= 0.6 is 11.3 Å². The second-order valence-corrected chi connectivity index (χ2v) is 11.2. The Morgan fingerprint density at radius 1 is 1.26 bits per heavy atom.